The van der Waals surface area contributed by atoms with Crippen LogP contribution in [0, 0.1) is 5.92 Å². The van der Waals surface area contributed by atoms with Crippen LogP contribution < -0.4 is 10.1 Å². The molecule has 0 aromatic heterocycles. The molecule has 0 aliphatic carbocycles. The zero-order chi connectivity index (χ0) is 14.1. The summed E-state index contributed by atoms with van der Waals surface area (Å²) in [6, 6.07) is 8.43. The average Bonchev–Trinajstić information content (AvgIpc) is 2.42. The molecule has 1 aromatic rings. The third-order valence-electron chi connectivity index (χ3n) is 2.97. The lowest BCUT2D eigenvalue weighted by Crippen LogP contribution is -2.21. The van der Waals surface area contributed by atoms with Gasteiger partial charge in [-0.1, -0.05) is 32.0 Å². The number of nitrogens with one attached hydrogen (secondary N) is 1. The van der Waals surface area contributed by atoms with Crippen molar-refractivity contribution in [1.29, 1.82) is 0 Å². The van der Waals surface area contributed by atoms with Gasteiger partial charge >= 0.3 is 0 Å². The number of ether oxygens (including phenoxy) is 2. The van der Waals surface area contributed by atoms with Crippen LogP contribution >= 0.6 is 0 Å². The van der Waals surface area contributed by atoms with Crippen molar-refractivity contribution >= 4 is 0 Å². The van der Waals surface area contributed by atoms with Crippen molar-refractivity contribution in [3.05, 3.63) is 29.8 Å². The Morgan fingerprint density at radius 2 is 1.89 bits per heavy atom. The molecule has 0 heterocycles. The maximum absolute atomic E-state index is 5.56. The van der Waals surface area contributed by atoms with Crippen LogP contribution in [0.3, 0.4) is 0 Å². The summed E-state index contributed by atoms with van der Waals surface area (Å²) in [6.07, 6.45) is 1.03. The summed E-state index contributed by atoms with van der Waals surface area (Å²) in [5.74, 6) is 1.55. The van der Waals surface area contributed by atoms with Gasteiger partial charge in [0.1, 0.15) is 5.75 Å². The molecular formula is C16H27NO2. The van der Waals surface area contributed by atoms with Crippen LogP contribution in [0.1, 0.15) is 38.8 Å². The van der Waals surface area contributed by atoms with Crippen molar-refractivity contribution < 1.29 is 9.47 Å². The molecule has 0 saturated heterocycles. The maximum Gasteiger partial charge on any atom is 0.123 e. The normalized spacial score (nSPS) is 12.7. The number of hydrogen-bond donors (Lipinski definition) is 1. The van der Waals surface area contributed by atoms with E-state index in [4.69, 9.17) is 9.47 Å². The summed E-state index contributed by atoms with van der Waals surface area (Å²) < 4.78 is 10.9. The Bertz CT molecular complexity index is 352. The first-order chi connectivity index (χ1) is 9.15. The van der Waals surface area contributed by atoms with Gasteiger partial charge in [-0.25, -0.2) is 0 Å². The molecule has 0 aliphatic heterocycles. The van der Waals surface area contributed by atoms with Gasteiger partial charge in [0.15, 0.2) is 0 Å². The number of benzene rings is 1. The predicted molar refractivity (Wildman–Crippen MR) is 79.7 cm³/mol. The van der Waals surface area contributed by atoms with Gasteiger partial charge in [0.05, 0.1) is 7.11 Å². The van der Waals surface area contributed by atoms with Gasteiger partial charge in [0.2, 0.25) is 0 Å². The van der Waals surface area contributed by atoms with E-state index in [9.17, 15) is 0 Å². The SMILES string of the molecule is COc1ccccc1C(C)NCCCOCC(C)C. The standard InChI is InChI=1S/C16H27NO2/c1-13(2)12-19-11-7-10-17-14(3)15-8-5-6-9-16(15)18-4/h5-6,8-9,13-14,17H,7,10-12H2,1-4H3. The second kappa shape index (κ2) is 8.94. The molecular weight excluding hydrogens is 238 g/mol. The lowest BCUT2D eigenvalue weighted by Gasteiger charge is -2.17. The molecule has 0 bridgehead atoms. The van der Waals surface area contributed by atoms with Crippen LogP contribution in [-0.2, 0) is 4.74 Å². The van der Waals surface area contributed by atoms with Crippen LogP contribution in [0.2, 0.25) is 0 Å². The van der Waals surface area contributed by atoms with Gasteiger partial charge in [0.25, 0.3) is 0 Å². The highest BCUT2D eigenvalue weighted by Crippen LogP contribution is 2.23. The van der Waals surface area contributed by atoms with Crippen molar-refractivity contribution in [3.8, 4) is 5.75 Å². The number of rotatable bonds is 9. The van der Waals surface area contributed by atoms with Crippen molar-refractivity contribution in [2.45, 2.75) is 33.2 Å². The first kappa shape index (κ1) is 16.0. The van der Waals surface area contributed by atoms with E-state index >= 15 is 0 Å². The van der Waals surface area contributed by atoms with Gasteiger partial charge in [-0.3, -0.25) is 0 Å². The third kappa shape index (κ3) is 6.08. The summed E-state index contributed by atoms with van der Waals surface area (Å²) in [5, 5.41) is 3.50. The molecule has 0 spiro atoms. The largest absolute Gasteiger partial charge is 0.496 e. The van der Waals surface area contributed by atoms with E-state index in [1.54, 1.807) is 7.11 Å². The van der Waals surface area contributed by atoms with E-state index < -0.39 is 0 Å². The van der Waals surface area contributed by atoms with Crippen molar-refractivity contribution in [2.24, 2.45) is 5.92 Å². The fourth-order valence-electron chi connectivity index (χ4n) is 1.95. The van der Waals surface area contributed by atoms with Gasteiger partial charge in [-0.2, -0.15) is 0 Å². The maximum atomic E-state index is 5.56. The zero-order valence-corrected chi connectivity index (χ0v) is 12.6. The quantitative estimate of drug-likeness (QED) is 0.694. The highest BCUT2D eigenvalue weighted by atomic mass is 16.5. The molecule has 19 heavy (non-hydrogen) atoms. The lowest BCUT2D eigenvalue weighted by atomic mass is 10.1. The average molecular weight is 265 g/mol. The Labute approximate surface area is 117 Å². The van der Waals surface area contributed by atoms with Crippen LogP contribution in [0.15, 0.2) is 24.3 Å². The van der Waals surface area contributed by atoms with Crippen molar-refractivity contribution in [1.82, 2.24) is 5.32 Å². The molecule has 3 heteroatoms. The molecule has 3 nitrogen and oxygen atoms in total. The molecule has 0 amide bonds. The number of hydrogen-bond acceptors (Lipinski definition) is 3. The fraction of sp³-hybridized carbons (Fsp3) is 0.625. The molecule has 1 atom stereocenters. The monoisotopic (exact) mass is 265 g/mol. The second-order valence-electron chi connectivity index (χ2n) is 5.24. The Balaban J connectivity index is 2.25. The van der Waals surface area contributed by atoms with Crippen molar-refractivity contribution in [2.75, 3.05) is 26.9 Å². The van der Waals surface area contributed by atoms with E-state index in [-0.39, 0.29) is 0 Å². The molecule has 1 rings (SSSR count). The first-order valence-electron chi connectivity index (χ1n) is 7.09. The molecule has 1 N–H and O–H groups in total. The molecule has 0 fully saturated rings. The zero-order valence-electron chi connectivity index (χ0n) is 12.6. The Kier molecular flexibility index (Phi) is 7.53. The predicted octanol–water partition coefficient (Wildman–Crippen LogP) is 3.41. The third-order valence-corrected chi connectivity index (χ3v) is 2.97. The number of para-hydroxylation sites is 1. The summed E-state index contributed by atoms with van der Waals surface area (Å²) in [7, 11) is 1.71. The van der Waals surface area contributed by atoms with Crippen LogP contribution in [0.25, 0.3) is 0 Å². The van der Waals surface area contributed by atoms with E-state index in [0.717, 1.165) is 31.9 Å². The van der Waals surface area contributed by atoms with E-state index in [1.165, 1.54) is 5.56 Å². The fourth-order valence-corrected chi connectivity index (χ4v) is 1.95. The summed E-state index contributed by atoms with van der Waals surface area (Å²) >= 11 is 0. The van der Waals surface area contributed by atoms with Crippen LogP contribution in [0.4, 0.5) is 0 Å². The van der Waals surface area contributed by atoms with E-state index in [1.807, 2.05) is 18.2 Å². The minimum absolute atomic E-state index is 0.293. The minimum atomic E-state index is 0.293. The molecule has 1 aromatic carbocycles. The summed E-state index contributed by atoms with van der Waals surface area (Å²) in [4.78, 5) is 0. The second-order valence-corrected chi connectivity index (χ2v) is 5.24. The number of methoxy groups -OCH3 is 1. The molecule has 0 saturated carbocycles. The topological polar surface area (TPSA) is 30.5 Å². The van der Waals surface area contributed by atoms with Gasteiger partial charge in [-0.05, 0) is 31.9 Å². The Morgan fingerprint density at radius 1 is 1.16 bits per heavy atom. The van der Waals surface area contributed by atoms with Gasteiger partial charge < -0.3 is 14.8 Å². The Morgan fingerprint density at radius 3 is 2.58 bits per heavy atom. The Hall–Kier alpha value is -1.06. The minimum Gasteiger partial charge on any atom is -0.496 e. The summed E-state index contributed by atoms with van der Waals surface area (Å²) in [6.45, 7) is 9.13. The van der Waals surface area contributed by atoms with Gasteiger partial charge in [0, 0.05) is 24.8 Å². The smallest absolute Gasteiger partial charge is 0.123 e. The summed E-state index contributed by atoms with van der Waals surface area (Å²) in [5.41, 5.74) is 1.20. The molecule has 1 unspecified atom stereocenters. The lowest BCUT2D eigenvalue weighted by molar-refractivity contribution is 0.107. The van der Waals surface area contributed by atoms with E-state index in [0.29, 0.717) is 12.0 Å². The van der Waals surface area contributed by atoms with Crippen LogP contribution in [-0.4, -0.2) is 26.9 Å². The molecule has 0 aliphatic rings. The van der Waals surface area contributed by atoms with E-state index in [2.05, 4.69) is 32.2 Å². The highest BCUT2D eigenvalue weighted by molar-refractivity contribution is 5.35. The molecule has 0 radical (unpaired) electrons. The first-order valence-corrected chi connectivity index (χ1v) is 7.09. The molecule has 108 valence electrons. The van der Waals surface area contributed by atoms with Crippen molar-refractivity contribution in [3.63, 3.8) is 0 Å². The van der Waals surface area contributed by atoms with Gasteiger partial charge in [-0.15, -0.1) is 0 Å². The van der Waals surface area contributed by atoms with Crippen LogP contribution in [0.5, 0.6) is 5.75 Å². The highest BCUT2D eigenvalue weighted by Gasteiger charge is 2.09.